The van der Waals surface area contributed by atoms with Gasteiger partial charge in [0.25, 0.3) is 5.91 Å². The molecule has 148 valence electrons. The molecule has 4 rings (SSSR count). The van der Waals surface area contributed by atoms with Gasteiger partial charge in [-0.3, -0.25) is 9.69 Å². The van der Waals surface area contributed by atoms with E-state index in [0.29, 0.717) is 31.3 Å². The maximum absolute atomic E-state index is 12.8. The average molecular weight is 380 g/mol. The minimum absolute atomic E-state index is 0.0672. The van der Waals surface area contributed by atoms with E-state index in [9.17, 15) is 9.90 Å². The molecule has 2 fully saturated rings. The number of nitrogens with one attached hydrogen (secondary N) is 1. The van der Waals surface area contributed by atoms with Crippen LogP contribution >= 0.6 is 0 Å². The van der Waals surface area contributed by atoms with Crippen LogP contribution in [0.25, 0.3) is 0 Å². The molecule has 2 aliphatic heterocycles. The molecule has 0 bridgehead atoms. The van der Waals surface area contributed by atoms with Crippen molar-refractivity contribution in [3.63, 3.8) is 0 Å². The van der Waals surface area contributed by atoms with Crippen molar-refractivity contribution in [2.45, 2.75) is 24.9 Å². The lowest BCUT2D eigenvalue weighted by atomic mass is 9.87. The van der Waals surface area contributed by atoms with Crippen LogP contribution in [0.3, 0.4) is 0 Å². The number of hydrogen-bond acceptors (Lipinski definition) is 4. The van der Waals surface area contributed by atoms with Crippen LogP contribution in [0, 0.1) is 5.92 Å². The Labute approximate surface area is 166 Å². The molecule has 5 heteroatoms. The molecule has 5 nitrogen and oxygen atoms in total. The SMILES string of the molecule is O=C(NC1(c2ccccc2)COC1)c1ccc(CN2CCC(CO)CC2)cc1. The predicted molar refractivity (Wildman–Crippen MR) is 108 cm³/mol. The number of aliphatic hydroxyl groups is 1. The second-order valence-electron chi connectivity index (χ2n) is 7.99. The van der Waals surface area contributed by atoms with Crippen molar-refractivity contribution in [1.82, 2.24) is 10.2 Å². The van der Waals surface area contributed by atoms with Crippen molar-refractivity contribution in [3.8, 4) is 0 Å². The van der Waals surface area contributed by atoms with Crippen LogP contribution in [0.5, 0.6) is 0 Å². The number of hydrogen-bond donors (Lipinski definition) is 2. The van der Waals surface area contributed by atoms with E-state index in [4.69, 9.17) is 4.74 Å². The van der Waals surface area contributed by atoms with Gasteiger partial charge < -0.3 is 15.2 Å². The number of nitrogens with zero attached hydrogens (tertiary/aromatic N) is 1. The molecule has 0 aliphatic carbocycles. The molecule has 0 aromatic heterocycles. The Kier molecular flexibility index (Phi) is 5.76. The van der Waals surface area contributed by atoms with Gasteiger partial charge in [-0.1, -0.05) is 42.5 Å². The molecule has 0 saturated carbocycles. The van der Waals surface area contributed by atoms with Crippen molar-refractivity contribution in [3.05, 3.63) is 71.3 Å². The fourth-order valence-electron chi connectivity index (χ4n) is 4.01. The van der Waals surface area contributed by atoms with Gasteiger partial charge in [-0.15, -0.1) is 0 Å². The lowest BCUT2D eigenvalue weighted by Gasteiger charge is -2.42. The van der Waals surface area contributed by atoms with E-state index in [0.717, 1.165) is 38.0 Å². The van der Waals surface area contributed by atoms with Crippen molar-refractivity contribution in [1.29, 1.82) is 0 Å². The summed E-state index contributed by atoms with van der Waals surface area (Å²) in [5.74, 6) is 0.386. The highest BCUT2D eigenvalue weighted by atomic mass is 16.5. The van der Waals surface area contributed by atoms with E-state index in [2.05, 4.69) is 10.2 Å². The quantitative estimate of drug-likeness (QED) is 0.809. The van der Waals surface area contributed by atoms with E-state index in [1.807, 2.05) is 54.6 Å². The molecule has 2 saturated heterocycles. The van der Waals surface area contributed by atoms with Crippen LogP contribution in [0.4, 0.5) is 0 Å². The van der Waals surface area contributed by atoms with Crippen molar-refractivity contribution in [2.24, 2.45) is 5.92 Å². The van der Waals surface area contributed by atoms with E-state index < -0.39 is 5.54 Å². The summed E-state index contributed by atoms with van der Waals surface area (Å²) in [5, 5.41) is 12.4. The number of likely N-dealkylation sites (tertiary alicyclic amines) is 1. The molecule has 2 aromatic rings. The van der Waals surface area contributed by atoms with Gasteiger partial charge in [0.1, 0.15) is 5.54 Å². The number of amides is 1. The summed E-state index contributed by atoms with van der Waals surface area (Å²) in [5.41, 5.74) is 2.54. The molecule has 2 heterocycles. The van der Waals surface area contributed by atoms with E-state index >= 15 is 0 Å². The summed E-state index contributed by atoms with van der Waals surface area (Å²) in [7, 11) is 0. The molecule has 2 aromatic carbocycles. The van der Waals surface area contributed by atoms with Crippen LogP contribution in [0.1, 0.15) is 34.3 Å². The highest BCUT2D eigenvalue weighted by Crippen LogP contribution is 2.30. The van der Waals surface area contributed by atoms with Crippen molar-refractivity contribution in [2.75, 3.05) is 32.9 Å². The predicted octanol–water partition coefficient (Wildman–Crippen LogP) is 2.55. The third-order valence-corrected chi connectivity index (χ3v) is 5.96. The Balaban J connectivity index is 1.36. The maximum Gasteiger partial charge on any atom is 0.252 e. The van der Waals surface area contributed by atoms with Crippen LogP contribution in [0.2, 0.25) is 0 Å². The number of ether oxygens (including phenoxy) is 1. The molecule has 0 unspecified atom stereocenters. The molecular formula is C23H28N2O3. The first-order valence-corrected chi connectivity index (χ1v) is 10.1. The third-order valence-electron chi connectivity index (χ3n) is 5.96. The summed E-state index contributed by atoms with van der Waals surface area (Å²) < 4.78 is 5.41. The maximum atomic E-state index is 12.8. The average Bonchev–Trinajstić information content (AvgIpc) is 2.72. The minimum atomic E-state index is -0.423. The minimum Gasteiger partial charge on any atom is -0.396 e. The number of aliphatic hydroxyl groups excluding tert-OH is 1. The number of rotatable bonds is 6. The Morgan fingerprint density at radius 1 is 1.07 bits per heavy atom. The molecule has 2 N–H and O–H groups in total. The van der Waals surface area contributed by atoms with Crippen molar-refractivity contribution >= 4 is 5.91 Å². The summed E-state index contributed by atoms with van der Waals surface area (Å²) in [6.45, 7) is 4.24. The molecule has 0 atom stereocenters. The zero-order chi connectivity index (χ0) is 19.4. The second kappa shape index (κ2) is 8.43. The van der Waals surface area contributed by atoms with E-state index in [1.54, 1.807) is 0 Å². The monoisotopic (exact) mass is 380 g/mol. The van der Waals surface area contributed by atoms with Gasteiger partial charge in [0, 0.05) is 18.7 Å². The normalized spacial score (nSPS) is 19.8. The van der Waals surface area contributed by atoms with Gasteiger partial charge in [-0.05, 0) is 55.1 Å². The Morgan fingerprint density at radius 3 is 2.32 bits per heavy atom. The number of benzene rings is 2. The summed E-state index contributed by atoms with van der Waals surface area (Å²) in [6, 6.07) is 17.9. The molecule has 0 radical (unpaired) electrons. The smallest absolute Gasteiger partial charge is 0.252 e. The van der Waals surface area contributed by atoms with Crippen LogP contribution in [-0.2, 0) is 16.8 Å². The Hall–Kier alpha value is -2.21. The Morgan fingerprint density at radius 2 is 1.75 bits per heavy atom. The van der Waals surface area contributed by atoms with Gasteiger partial charge in [0.15, 0.2) is 0 Å². The highest BCUT2D eigenvalue weighted by Gasteiger charge is 2.41. The zero-order valence-corrected chi connectivity index (χ0v) is 16.1. The molecule has 28 heavy (non-hydrogen) atoms. The van der Waals surface area contributed by atoms with Crippen LogP contribution < -0.4 is 5.32 Å². The van der Waals surface area contributed by atoms with Gasteiger partial charge in [-0.2, -0.15) is 0 Å². The number of carbonyl (C=O) groups is 1. The number of carbonyl (C=O) groups excluding carboxylic acids is 1. The summed E-state index contributed by atoms with van der Waals surface area (Å²) in [6.07, 6.45) is 2.11. The first-order valence-electron chi connectivity index (χ1n) is 10.1. The molecule has 1 amide bonds. The van der Waals surface area contributed by atoms with Gasteiger partial charge in [-0.25, -0.2) is 0 Å². The highest BCUT2D eigenvalue weighted by molar-refractivity contribution is 5.94. The summed E-state index contributed by atoms with van der Waals surface area (Å²) >= 11 is 0. The lowest BCUT2D eigenvalue weighted by molar-refractivity contribution is -0.0733. The molecule has 0 spiro atoms. The third kappa shape index (κ3) is 4.12. The second-order valence-corrected chi connectivity index (χ2v) is 7.99. The topological polar surface area (TPSA) is 61.8 Å². The van der Waals surface area contributed by atoms with Gasteiger partial charge in [0.05, 0.1) is 13.2 Å². The standard InChI is InChI=1S/C23H28N2O3/c26-15-19-10-12-25(13-11-19)14-18-6-8-20(9-7-18)22(27)24-23(16-28-17-23)21-4-2-1-3-5-21/h1-9,19,26H,10-17H2,(H,24,27). The lowest BCUT2D eigenvalue weighted by Crippen LogP contribution is -2.59. The van der Waals surface area contributed by atoms with Crippen LogP contribution in [0.15, 0.2) is 54.6 Å². The molecule has 2 aliphatic rings. The fraction of sp³-hybridized carbons (Fsp3) is 0.435. The zero-order valence-electron chi connectivity index (χ0n) is 16.1. The van der Waals surface area contributed by atoms with Gasteiger partial charge in [0.2, 0.25) is 0 Å². The first kappa shape index (κ1) is 19.1. The van der Waals surface area contributed by atoms with Gasteiger partial charge >= 0.3 is 0 Å². The Bertz CT molecular complexity index is 779. The first-order chi connectivity index (χ1) is 13.7. The number of piperidine rings is 1. The summed E-state index contributed by atoms with van der Waals surface area (Å²) in [4.78, 5) is 15.2. The van der Waals surface area contributed by atoms with Crippen LogP contribution in [-0.4, -0.2) is 48.8 Å². The molecular weight excluding hydrogens is 352 g/mol. The van der Waals surface area contributed by atoms with E-state index in [-0.39, 0.29) is 5.91 Å². The van der Waals surface area contributed by atoms with E-state index in [1.165, 1.54) is 5.56 Å². The largest absolute Gasteiger partial charge is 0.396 e. The van der Waals surface area contributed by atoms with Crippen molar-refractivity contribution < 1.29 is 14.6 Å². The fourth-order valence-corrected chi connectivity index (χ4v) is 4.01.